The Kier molecular flexibility index (Phi) is 6.18. The van der Waals surface area contributed by atoms with Crippen molar-refractivity contribution >= 4 is 65.6 Å². The van der Waals surface area contributed by atoms with Gasteiger partial charge in [0.15, 0.2) is 11.6 Å². The first kappa shape index (κ1) is 20.6. The molecular formula is C17H10BrF3INO2S2. The Morgan fingerprint density at radius 2 is 1.78 bits per heavy atom. The molecule has 2 aromatic carbocycles. The molecule has 0 spiro atoms. The molecule has 142 valence electrons. The van der Waals surface area contributed by atoms with Crippen molar-refractivity contribution in [3.63, 3.8) is 0 Å². The number of nitrogens with one attached hydrogen (secondary N) is 1. The number of sulfonamides is 1. The highest BCUT2D eigenvalue weighted by atomic mass is 127. The molecular weight excluding hydrogens is 578 g/mol. The van der Waals surface area contributed by atoms with Gasteiger partial charge in [-0.05, 0) is 80.5 Å². The van der Waals surface area contributed by atoms with Crippen LogP contribution in [0.2, 0.25) is 0 Å². The van der Waals surface area contributed by atoms with E-state index in [-0.39, 0.29) is 27.4 Å². The first-order valence-corrected chi connectivity index (χ1v) is 11.5. The number of rotatable bonds is 5. The molecule has 10 heteroatoms. The molecule has 0 amide bonds. The van der Waals surface area contributed by atoms with Gasteiger partial charge in [-0.15, -0.1) is 11.3 Å². The fraction of sp³-hybridized carbons (Fsp3) is 0.0588. The van der Waals surface area contributed by atoms with Gasteiger partial charge in [0.1, 0.15) is 10.0 Å². The summed E-state index contributed by atoms with van der Waals surface area (Å²) >= 11 is 6.08. The molecule has 0 saturated carbocycles. The maximum atomic E-state index is 14.4. The third kappa shape index (κ3) is 4.66. The quantitative estimate of drug-likeness (QED) is 0.377. The highest BCUT2D eigenvalue weighted by Gasteiger charge is 2.22. The van der Waals surface area contributed by atoms with Crippen molar-refractivity contribution in [1.82, 2.24) is 0 Å². The summed E-state index contributed by atoms with van der Waals surface area (Å²) in [5.74, 6) is -2.94. The van der Waals surface area contributed by atoms with Gasteiger partial charge in [0.25, 0.3) is 10.0 Å². The standard InChI is InChI=1S/C17H10BrF3INO2S2/c18-15-5-6-16(26-15)27(24,25)23-14-4-3-12(19)17(21)11(14)7-9-1-2-10(22)8-13(9)20/h1-6,8,23H,7H2. The summed E-state index contributed by atoms with van der Waals surface area (Å²) in [6, 6.07) is 9.24. The van der Waals surface area contributed by atoms with Crippen LogP contribution in [0.1, 0.15) is 11.1 Å². The highest BCUT2D eigenvalue weighted by Crippen LogP contribution is 2.31. The van der Waals surface area contributed by atoms with Crippen LogP contribution in [0, 0.1) is 21.0 Å². The van der Waals surface area contributed by atoms with Gasteiger partial charge in [-0.1, -0.05) is 6.07 Å². The van der Waals surface area contributed by atoms with Crippen LogP contribution in [0.4, 0.5) is 18.9 Å². The molecule has 0 bridgehead atoms. The van der Waals surface area contributed by atoms with E-state index in [0.29, 0.717) is 7.36 Å². The lowest BCUT2D eigenvalue weighted by Gasteiger charge is -2.14. The van der Waals surface area contributed by atoms with Crippen LogP contribution in [-0.2, 0) is 16.4 Å². The molecule has 0 atom stereocenters. The maximum absolute atomic E-state index is 14.4. The predicted molar refractivity (Wildman–Crippen MR) is 111 cm³/mol. The van der Waals surface area contributed by atoms with E-state index >= 15 is 0 Å². The molecule has 3 rings (SSSR count). The summed E-state index contributed by atoms with van der Waals surface area (Å²) in [6.07, 6.45) is -0.307. The van der Waals surface area contributed by atoms with Crippen molar-refractivity contribution in [2.75, 3.05) is 4.72 Å². The van der Waals surface area contributed by atoms with Gasteiger partial charge >= 0.3 is 0 Å². The second-order valence-corrected chi connectivity index (χ2v) is 11.1. The Labute approximate surface area is 179 Å². The summed E-state index contributed by atoms with van der Waals surface area (Å²) in [7, 11) is -4.00. The molecule has 1 aromatic heterocycles. The van der Waals surface area contributed by atoms with Crippen LogP contribution in [0.5, 0.6) is 0 Å². The summed E-state index contributed by atoms with van der Waals surface area (Å²) in [5.41, 5.74) is -0.287. The lowest BCUT2D eigenvalue weighted by Crippen LogP contribution is -2.14. The van der Waals surface area contributed by atoms with Crippen molar-refractivity contribution in [1.29, 1.82) is 0 Å². The summed E-state index contributed by atoms with van der Waals surface area (Å²) < 4.78 is 70.8. The van der Waals surface area contributed by atoms with E-state index in [4.69, 9.17) is 0 Å². The van der Waals surface area contributed by atoms with Crippen LogP contribution in [0.15, 0.2) is 50.5 Å². The van der Waals surface area contributed by atoms with Gasteiger partial charge in [0.05, 0.1) is 9.47 Å². The van der Waals surface area contributed by atoms with Gasteiger partial charge in [-0.3, -0.25) is 4.72 Å². The average Bonchev–Trinajstić information content (AvgIpc) is 3.03. The lowest BCUT2D eigenvalue weighted by atomic mass is 10.0. The van der Waals surface area contributed by atoms with Crippen molar-refractivity contribution in [3.8, 4) is 0 Å². The Morgan fingerprint density at radius 1 is 1.04 bits per heavy atom. The van der Waals surface area contributed by atoms with Gasteiger partial charge in [-0.2, -0.15) is 0 Å². The maximum Gasteiger partial charge on any atom is 0.271 e. The molecule has 3 aromatic rings. The number of hydrogen-bond donors (Lipinski definition) is 1. The first-order valence-electron chi connectivity index (χ1n) is 7.36. The molecule has 27 heavy (non-hydrogen) atoms. The fourth-order valence-electron chi connectivity index (χ4n) is 2.35. The van der Waals surface area contributed by atoms with E-state index in [1.807, 2.05) is 22.6 Å². The van der Waals surface area contributed by atoms with Crippen molar-refractivity contribution in [3.05, 3.63) is 78.4 Å². The number of halogens is 5. The van der Waals surface area contributed by atoms with Crippen LogP contribution in [0.25, 0.3) is 0 Å². The Bertz CT molecular complexity index is 1120. The van der Waals surface area contributed by atoms with Crippen molar-refractivity contribution < 1.29 is 21.6 Å². The van der Waals surface area contributed by atoms with E-state index in [1.54, 1.807) is 12.1 Å². The van der Waals surface area contributed by atoms with Crippen LogP contribution in [0.3, 0.4) is 0 Å². The van der Waals surface area contributed by atoms with E-state index < -0.39 is 27.5 Å². The van der Waals surface area contributed by atoms with Gasteiger partial charge in [-0.25, -0.2) is 21.6 Å². The van der Waals surface area contributed by atoms with E-state index in [0.717, 1.165) is 23.5 Å². The van der Waals surface area contributed by atoms with E-state index in [2.05, 4.69) is 20.7 Å². The SMILES string of the molecule is O=S(=O)(Nc1ccc(F)c(F)c1Cc1ccc(I)cc1F)c1ccc(Br)s1. The first-order chi connectivity index (χ1) is 12.7. The molecule has 0 aliphatic carbocycles. The van der Waals surface area contributed by atoms with Crippen molar-refractivity contribution in [2.24, 2.45) is 0 Å². The van der Waals surface area contributed by atoms with E-state index in [9.17, 15) is 21.6 Å². The van der Waals surface area contributed by atoms with Gasteiger partial charge < -0.3 is 0 Å². The normalized spacial score (nSPS) is 11.6. The Hall–Kier alpha value is -1.11. The molecule has 0 fully saturated rings. The van der Waals surface area contributed by atoms with Crippen LogP contribution in [-0.4, -0.2) is 8.42 Å². The summed E-state index contributed by atoms with van der Waals surface area (Å²) in [6.45, 7) is 0. The molecule has 1 heterocycles. The zero-order chi connectivity index (χ0) is 19.8. The molecule has 3 nitrogen and oxygen atoms in total. The van der Waals surface area contributed by atoms with Gasteiger partial charge in [0, 0.05) is 15.6 Å². The topological polar surface area (TPSA) is 46.2 Å². The zero-order valence-electron chi connectivity index (χ0n) is 13.3. The minimum atomic E-state index is -4.00. The third-order valence-electron chi connectivity index (χ3n) is 3.64. The molecule has 0 aliphatic heterocycles. The summed E-state index contributed by atoms with van der Waals surface area (Å²) in [4.78, 5) is 0. The highest BCUT2D eigenvalue weighted by molar-refractivity contribution is 14.1. The average molecular weight is 588 g/mol. The van der Waals surface area contributed by atoms with Crippen LogP contribution >= 0.6 is 49.9 Å². The predicted octanol–water partition coefficient (Wildman–Crippen LogP) is 5.92. The third-order valence-corrected chi connectivity index (χ3v) is 7.79. The number of benzene rings is 2. The van der Waals surface area contributed by atoms with E-state index in [1.165, 1.54) is 18.2 Å². The zero-order valence-corrected chi connectivity index (χ0v) is 18.6. The molecule has 0 unspecified atom stereocenters. The molecule has 0 saturated heterocycles. The number of anilines is 1. The second kappa shape index (κ2) is 8.10. The summed E-state index contributed by atoms with van der Waals surface area (Å²) in [5, 5.41) is 0. The molecule has 1 N–H and O–H groups in total. The number of thiophene rings is 1. The minimum Gasteiger partial charge on any atom is -0.279 e. The lowest BCUT2D eigenvalue weighted by molar-refractivity contribution is 0.500. The largest absolute Gasteiger partial charge is 0.279 e. The molecule has 0 aliphatic rings. The second-order valence-electron chi connectivity index (χ2n) is 5.46. The van der Waals surface area contributed by atoms with Crippen LogP contribution < -0.4 is 4.72 Å². The molecule has 0 radical (unpaired) electrons. The Balaban J connectivity index is 2.02. The Morgan fingerprint density at radius 3 is 2.41 bits per heavy atom. The number of hydrogen-bond acceptors (Lipinski definition) is 3. The monoisotopic (exact) mass is 587 g/mol. The smallest absolute Gasteiger partial charge is 0.271 e. The minimum absolute atomic E-state index is 0.00510. The van der Waals surface area contributed by atoms with Gasteiger partial charge in [0.2, 0.25) is 0 Å². The fourth-order valence-corrected chi connectivity index (χ4v) is 5.91. The van der Waals surface area contributed by atoms with Crippen molar-refractivity contribution in [2.45, 2.75) is 10.6 Å².